The van der Waals surface area contributed by atoms with Crippen molar-refractivity contribution >= 4 is 0 Å². The van der Waals surface area contributed by atoms with Crippen LogP contribution in [0.15, 0.2) is 0 Å². The lowest BCUT2D eigenvalue weighted by atomic mass is 10.1. The molecule has 0 aromatic rings. The third-order valence-corrected chi connectivity index (χ3v) is 2.74. The Bertz CT molecular complexity index is 204. The van der Waals surface area contributed by atoms with Gasteiger partial charge in [0.1, 0.15) is 0 Å². The van der Waals surface area contributed by atoms with E-state index in [1.165, 1.54) is 19.3 Å². The summed E-state index contributed by atoms with van der Waals surface area (Å²) in [6.45, 7) is 2.59. The molecule has 0 heterocycles. The maximum atomic E-state index is 6.03. The van der Waals surface area contributed by atoms with Gasteiger partial charge in [0.2, 0.25) is 0 Å². The lowest BCUT2D eigenvalue weighted by Crippen LogP contribution is -2.35. The molecule has 0 saturated heterocycles. The summed E-state index contributed by atoms with van der Waals surface area (Å²) < 4.78 is 5.75. The van der Waals surface area contributed by atoms with Crippen LogP contribution in [0.2, 0.25) is 0 Å². The SMILES string of the molecule is CC#CCCOC1CCCCCC1N. The fourth-order valence-electron chi connectivity index (χ4n) is 1.90. The van der Waals surface area contributed by atoms with Gasteiger partial charge >= 0.3 is 0 Å². The minimum Gasteiger partial charge on any atom is -0.376 e. The Hall–Kier alpha value is -0.520. The van der Waals surface area contributed by atoms with Gasteiger partial charge < -0.3 is 10.5 Å². The maximum absolute atomic E-state index is 6.03. The first-order valence-electron chi connectivity index (χ1n) is 5.61. The van der Waals surface area contributed by atoms with Gasteiger partial charge in [-0.1, -0.05) is 19.3 Å². The van der Waals surface area contributed by atoms with Crippen LogP contribution in [0.3, 0.4) is 0 Å². The normalized spacial score (nSPS) is 27.6. The zero-order chi connectivity index (χ0) is 10.2. The first-order valence-corrected chi connectivity index (χ1v) is 5.61. The van der Waals surface area contributed by atoms with Crippen molar-refractivity contribution in [2.45, 2.75) is 57.6 Å². The van der Waals surface area contributed by atoms with Crippen molar-refractivity contribution in [3.05, 3.63) is 0 Å². The van der Waals surface area contributed by atoms with E-state index in [0.717, 1.165) is 25.9 Å². The zero-order valence-corrected chi connectivity index (χ0v) is 9.09. The van der Waals surface area contributed by atoms with E-state index in [0.29, 0.717) is 0 Å². The number of hydrogen-bond donors (Lipinski definition) is 1. The first-order chi connectivity index (χ1) is 6.84. The lowest BCUT2D eigenvalue weighted by molar-refractivity contribution is 0.0349. The average Bonchev–Trinajstić information content (AvgIpc) is 2.39. The van der Waals surface area contributed by atoms with Gasteiger partial charge in [0.25, 0.3) is 0 Å². The third kappa shape index (κ3) is 4.13. The van der Waals surface area contributed by atoms with Gasteiger partial charge in [-0.3, -0.25) is 0 Å². The highest BCUT2D eigenvalue weighted by atomic mass is 16.5. The van der Waals surface area contributed by atoms with Gasteiger partial charge in [-0.2, -0.15) is 0 Å². The van der Waals surface area contributed by atoms with Crippen LogP contribution in [0.5, 0.6) is 0 Å². The molecule has 2 heteroatoms. The van der Waals surface area contributed by atoms with Crippen molar-refractivity contribution in [2.24, 2.45) is 5.73 Å². The fourth-order valence-corrected chi connectivity index (χ4v) is 1.90. The van der Waals surface area contributed by atoms with Crippen LogP contribution < -0.4 is 5.73 Å². The highest BCUT2D eigenvalue weighted by Gasteiger charge is 2.20. The predicted molar refractivity (Wildman–Crippen MR) is 58.9 cm³/mol. The Labute approximate surface area is 87.2 Å². The van der Waals surface area contributed by atoms with Crippen molar-refractivity contribution in [1.82, 2.24) is 0 Å². The Morgan fingerprint density at radius 2 is 2.07 bits per heavy atom. The molecule has 2 atom stereocenters. The smallest absolute Gasteiger partial charge is 0.0726 e. The van der Waals surface area contributed by atoms with Crippen molar-refractivity contribution < 1.29 is 4.74 Å². The molecule has 2 N–H and O–H groups in total. The van der Waals surface area contributed by atoms with Gasteiger partial charge in [-0.05, 0) is 19.8 Å². The molecule has 2 nitrogen and oxygen atoms in total. The average molecular weight is 195 g/mol. The fraction of sp³-hybridized carbons (Fsp3) is 0.833. The number of ether oxygens (including phenoxy) is 1. The van der Waals surface area contributed by atoms with Crippen molar-refractivity contribution in [3.8, 4) is 11.8 Å². The van der Waals surface area contributed by atoms with Gasteiger partial charge in [-0.25, -0.2) is 0 Å². The number of hydrogen-bond acceptors (Lipinski definition) is 2. The molecule has 80 valence electrons. The minimum atomic E-state index is 0.243. The van der Waals surface area contributed by atoms with Gasteiger partial charge in [0.15, 0.2) is 0 Å². The monoisotopic (exact) mass is 195 g/mol. The summed E-state index contributed by atoms with van der Waals surface area (Å²) in [5.41, 5.74) is 6.03. The van der Waals surface area contributed by atoms with Crippen LogP contribution in [0, 0.1) is 11.8 Å². The second-order valence-electron chi connectivity index (χ2n) is 3.89. The maximum Gasteiger partial charge on any atom is 0.0726 e. The second kappa shape index (κ2) is 6.86. The Balaban J connectivity index is 2.21. The Morgan fingerprint density at radius 3 is 2.86 bits per heavy atom. The topological polar surface area (TPSA) is 35.2 Å². The summed E-state index contributed by atoms with van der Waals surface area (Å²) in [5, 5.41) is 0. The molecule has 1 aliphatic rings. The Kier molecular flexibility index (Phi) is 5.66. The van der Waals surface area contributed by atoms with Crippen molar-refractivity contribution in [1.29, 1.82) is 0 Å². The van der Waals surface area contributed by atoms with E-state index < -0.39 is 0 Å². The molecular weight excluding hydrogens is 174 g/mol. The van der Waals surface area contributed by atoms with E-state index in [-0.39, 0.29) is 12.1 Å². The molecule has 0 radical (unpaired) electrons. The molecule has 0 aromatic heterocycles. The second-order valence-corrected chi connectivity index (χ2v) is 3.89. The summed E-state index contributed by atoms with van der Waals surface area (Å²) in [5.74, 6) is 5.87. The van der Waals surface area contributed by atoms with E-state index in [1.807, 2.05) is 6.92 Å². The van der Waals surface area contributed by atoms with Crippen molar-refractivity contribution in [2.75, 3.05) is 6.61 Å². The molecule has 1 fully saturated rings. The molecule has 0 bridgehead atoms. The Morgan fingerprint density at radius 1 is 1.29 bits per heavy atom. The van der Waals surface area contributed by atoms with Crippen LogP contribution in [0.4, 0.5) is 0 Å². The van der Waals surface area contributed by atoms with Gasteiger partial charge in [0, 0.05) is 12.5 Å². The standard InChI is InChI=1S/C12H21NO/c1-2-3-7-10-14-12-9-6-4-5-8-11(12)13/h11-12H,4-10,13H2,1H3. The molecule has 14 heavy (non-hydrogen) atoms. The molecule has 0 aliphatic heterocycles. The van der Waals surface area contributed by atoms with Crippen LogP contribution in [0.1, 0.15) is 45.4 Å². The van der Waals surface area contributed by atoms with E-state index in [1.54, 1.807) is 0 Å². The van der Waals surface area contributed by atoms with E-state index in [2.05, 4.69) is 11.8 Å². The largest absolute Gasteiger partial charge is 0.376 e. The zero-order valence-electron chi connectivity index (χ0n) is 9.09. The molecule has 0 spiro atoms. The molecule has 1 rings (SSSR count). The highest BCUT2D eigenvalue weighted by molar-refractivity contribution is 4.94. The highest BCUT2D eigenvalue weighted by Crippen LogP contribution is 2.19. The lowest BCUT2D eigenvalue weighted by Gasteiger charge is -2.21. The third-order valence-electron chi connectivity index (χ3n) is 2.74. The number of rotatable bonds is 3. The summed E-state index contributed by atoms with van der Waals surface area (Å²) >= 11 is 0. The summed E-state index contributed by atoms with van der Waals surface area (Å²) in [6, 6.07) is 0.243. The van der Waals surface area contributed by atoms with Gasteiger partial charge in [-0.15, -0.1) is 11.8 Å². The molecule has 0 aromatic carbocycles. The van der Waals surface area contributed by atoms with Gasteiger partial charge in [0.05, 0.1) is 12.7 Å². The summed E-state index contributed by atoms with van der Waals surface area (Å²) in [6.07, 6.45) is 7.18. The summed E-state index contributed by atoms with van der Waals surface area (Å²) in [7, 11) is 0. The van der Waals surface area contributed by atoms with E-state index >= 15 is 0 Å². The number of nitrogens with two attached hydrogens (primary N) is 1. The van der Waals surface area contributed by atoms with E-state index in [9.17, 15) is 0 Å². The van der Waals surface area contributed by atoms with Crippen LogP contribution in [0.25, 0.3) is 0 Å². The quantitative estimate of drug-likeness (QED) is 0.425. The molecule has 1 saturated carbocycles. The predicted octanol–water partition coefficient (Wildman–Crippen LogP) is 2.08. The van der Waals surface area contributed by atoms with Crippen LogP contribution in [-0.2, 0) is 4.74 Å². The molecule has 1 aliphatic carbocycles. The van der Waals surface area contributed by atoms with E-state index in [4.69, 9.17) is 10.5 Å². The summed E-state index contributed by atoms with van der Waals surface area (Å²) in [4.78, 5) is 0. The minimum absolute atomic E-state index is 0.243. The molecule has 2 unspecified atom stereocenters. The van der Waals surface area contributed by atoms with Crippen LogP contribution in [-0.4, -0.2) is 18.8 Å². The van der Waals surface area contributed by atoms with Crippen LogP contribution >= 0.6 is 0 Å². The first kappa shape index (κ1) is 11.6. The molecular formula is C12H21NO. The molecule has 0 amide bonds. The van der Waals surface area contributed by atoms with Crippen molar-refractivity contribution in [3.63, 3.8) is 0 Å².